The SMILES string of the molecule is CC(=O)O.CC(=O)O.COc1ccnc(CSc2nnc(CCN)n2C)c1OC. The predicted octanol–water partition coefficient (Wildman–Crippen LogP) is 1.20. The van der Waals surface area contributed by atoms with E-state index in [2.05, 4.69) is 15.2 Å². The number of carboxylic acids is 2. The highest BCUT2D eigenvalue weighted by Gasteiger charge is 2.14. The third kappa shape index (κ3) is 10.3. The van der Waals surface area contributed by atoms with Crippen molar-refractivity contribution in [3.63, 3.8) is 0 Å². The Morgan fingerprint density at radius 2 is 1.76 bits per heavy atom. The number of thioether (sulfide) groups is 1. The van der Waals surface area contributed by atoms with E-state index in [4.69, 9.17) is 35.0 Å². The minimum atomic E-state index is -0.833. The maximum atomic E-state index is 9.00. The summed E-state index contributed by atoms with van der Waals surface area (Å²) in [5.41, 5.74) is 6.36. The number of pyridine rings is 1. The number of ether oxygens (including phenoxy) is 2. The molecule has 2 rings (SSSR count). The maximum Gasteiger partial charge on any atom is 0.300 e. The van der Waals surface area contributed by atoms with Gasteiger partial charge in [0.05, 0.1) is 19.9 Å². The Balaban J connectivity index is 0.000000837. The highest BCUT2D eigenvalue weighted by molar-refractivity contribution is 7.98. The number of aromatic nitrogens is 4. The van der Waals surface area contributed by atoms with Crippen LogP contribution in [0.3, 0.4) is 0 Å². The fourth-order valence-corrected chi connectivity index (χ4v) is 2.77. The first-order chi connectivity index (χ1) is 13.7. The van der Waals surface area contributed by atoms with E-state index in [0.29, 0.717) is 30.2 Å². The summed E-state index contributed by atoms with van der Waals surface area (Å²) in [4.78, 5) is 22.3. The van der Waals surface area contributed by atoms with Gasteiger partial charge in [-0.25, -0.2) is 0 Å². The fourth-order valence-electron chi connectivity index (χ4n) is 1.90. The first-order valence-corrected chi connectivity index (χ1v) is 9.32. The Morgan fingerprint density at radius 1 is 1.17 bits per heavy atom. The van der Waals surface area contributed by atoms with Gasteiger partial charge in [-0.15, -0.1) is 10.2 Å². The van der Waals surface area contributed by atoms with E-state index in [1.807, 2.05) is 11.6 Å². The molecule has 0 aliphatic carbocycles. The first-order valence-electron chi connectivity index (χ1n) is 8.33. The highest BCUT2D eigenvalue weighted by Crippen LogP contribution is 2.32. The first kappa shape index (κ1) is 26.1. The van der Waals surface area contributed by atoms with Crippen LogP contribution in [0, 0.1) is 0 Å². The normalized spacial score (nSPS) is 9.45. The van der Waals surface area contributed by atoms with Gasteiger partial charge in [0, 0.05) is 45.3 Å². The van der Waals surface area contributed by atoms with Crippen LogP contribution in [0.4, 0.5) is 0 Å². The quantitative estimate of drug-likeness (QED) is 0.542. The van der Waals surface area contributed by atoms with Crippen LogP contribution in [-0.4, -0.2) is 62.7 Å². The lowest BCUT2D eigenvalue weighted by Crippen LogP contribution is -2.08. The van der Waals surface area contributed by atoms with Crippen LogP contribution >= 0.6 is 11.8 Å². The molecule has 0 spiro atoms. The van der Waals surface area contributed by atoms with Crippen molar-refractivity contribution in [2.45, 2.75) is 31.2 Å². The molecule has 2 aromatic heterocycles. The molecule has 162 valence electrons. The Hall–Kier alpha value is -2.86. The summed E-state index contributed by atoms with van der Waals surface area (Å²) in [5.74, 6) is 1.15. The predicted molar refractivity (Wildman–Crippen MR) is 107 cm³/mol. The lowest BCUT2D eigenvalue weighted by Gasteiger charge is -2.11. The van der Waals surface area contributed by atoms with Gasteiger partial charge in [-0.3, -0.25) is 14.6 Å². The lowest BCUT2D eigenvalue weighted by atomic mass is 10.3. The zero-order chi connectivity index (χ0) is 22.4. The Labute approximate surface area is 173 Å². The average molecular weight is 429 g/mol. The van der Waals surface area contributed by atoms with Crippen molar-refractivity contribution >= 4 is 23.7 Å². The summed E-state index contributed by atoms with van der Waals surface area (Å²) in [7, 11) is 5.15. The minimum Gasteiger partial charge on any atom is -0.493 e. The summed E-state index contributed by atoms with van der Waals surface area (Å²) < 4.78 is 12.6. The van der Waals surface area contributed by atoms with Crippen molar-refractivity contribution in [1.29, 1.82) is 0 Å². The van der Waals surface area contributed by atoms with Crippen LogP contribution in [0.1, 0.15) is 25.4 Å². The highest BCUT2D eigenvalue weighted by atomic mass is 32.2. The molecule has 0 amide bonds. The molecule has 12 heteroatoms. The molecule has 0 radical (unpaired) electrons. The molecule has 11 nitrogen and oxygen atoms in total. The third-order valence-electron chi connectivity index (χ3n) is 3.00. The number of nitrogens with two attached hydrogens (primary N) is 1. The molecule has 0 saturated carbocycles. The topological polar surface area (TPSA) is 163 Å². The molecule has 0 aliphatic heterocycles. The van der Waals surface area contributed by atoms with Gasteiger partial charge in [-0.1, -0.05) is 11.8 Å². The number of nitrogens with zero attached hydrogens (tertiary/aromatic N) is 4. The van der Waals surface area contributed by atoms with Crippen molar-refractivity contribution in [1.82, 2.24) is 19.7 Å². The summed E-state index contributed by atoms with van der Waals surface area (Å²) in [6.45, 7) is 2.72. The third-order valence-corrected chi connectivity index (χ3v) is 4.03. The van der Waals surface area contributed by atoms with E-state index in [1.54, 1.807) is 38.2 Å². The molecular weight excluding hydrogens is 402 g/mol. The van der Waals surface area contributed by atoms with E-state index < -0.39 is 11.9 Å². The number of carboxylic acid groups (broad SMARTS) is 2. The van der Waals surface area contributed by atoms with Crippen LogP contribution in [0.5, 0.6) is 11.5 Å². The van der Waals surface area contributed by atoms with E-state index >= 15 is 0 Å². The van der Waals surface area contributed by atoms with E-state index in [-0.39, 0.29) is 0 Å². The number of hydrogen-bond donors (Lipinski definition) is 3. The molecule has 0 fully saturated rings. The van der Waals surface area contributed by atoms with Crippen molar-refractivity contribution in [2.24, 2.45) is 12.8 Å². The molecule has 4 N–H and O–H groups in total. The lowest BCUT2D eigenvalue weighted by molar-refractivity contribution is -0.135. The van der Waals surface area contributed by atoms with Gasteiger partial charge in [0.1, 0.15) is 5.82 Å². The number of methoxy groups -OCH3 is 2. The largest absolute Gasteiger partial charge is 0.493 e. The molecule has 0 unspecified atom stereocenters. The second-order valence-corrected chi connectivity index (χ2v) is 6.26. The van der Waals surface area contributed by atoms with Gasteiger partial charge in [-0.2, -0.15) is 0 Å². The molecule has 0 atom stereocenters. The van der Waals surface area contributed by atoms with Crippen LogP contribution in [-0.2, 0) is 28.8 Å². The van der Waals surface area contributed by atoms with Crippen LogP contribution in [0.25, 0.3) is 0 Å². The maximum absolute atomic E-state index is 9.00. The molecule has 0 saturated heterocycles. The van der Waals surface area contributed by atoms with Crippen molar-refractivity contribution in [3.05, 3.63) is 23.8 Å². The fraction of sp³-hybridized carbons (Fsp3) is 0.471. The average Bonchev–Trinajstić information content (AvgIpc) is 2.99. The zero-order valence-corrected chi connectivity index (χ0v) is 17.9. The van der Waals surface area contributed by atoms with Gasteiger partial charge in [0.25, 0.3) is 11.9 Å². The van der Waals surface area contributed by atoms with Crippen molar-refractivity contribution in [3.8, 4) is 11.5 Å². The number of aliphatic carboxylic acids is 2. The minimum absolute atomic E-state index is 0.557. The molecule has 2 aromatic rings. The number of rotatable bonds is 7. The second-order valence-electron chi connectivity index (χ2n) is 5.32. The van der Waals surface area contributed by atoms with Gasteiger partial charge in [0.15, 0.2) is 16.7 Å². The summed E-state index contributed by atoms with van der Waals surface area (Å²) in [6.07, 6.45) is 2.42. The number of hydrogen-bond acceptors (Lipinski definition) is 9. The van der Waals surface area contributed by atoms with Gasteiger partial charge in [0.2, 0.25) is 0 Å². The summed E-state index contributed by atoms with van der Waals surface area (Å²) >= 11 is 1.55. The van der Waals surface area contributed by atoms with Gasteiger partial charge < -0.3 is 30.0 Å². The standard InChI is InChI=1S/C13H19N5O2S.2C2H4O2/c1-18-11(4-6-14)16-17-13(18)21-8-9-12(20-3)10(19-2)5-7-15-9;2*1-2(3)4/h5,7H,4,6,8,14H2,1-3H3;2*1H3,(H,3,4). The zero-order valence-electron chi connectivity index (χ0n) is 17.1. The molecule has 2 heterocycles. The van der Waals surface area contributed by atoms with E-state index in [9.17, 15) is 0 Å². The second kappa shape index (κ2) is 14.2. The van der Waals surface area contributed by atoms with Gasteiger partial charge in [-0.05, 0) is 6.54 Å². The Kier molecular flexibility index (Phi) is 12.8. The van der Waals surface area contributed by atoms with Crippen LogP contribution in [0.2, 0.25) is 0 Å². The Morgan fingerprint density at radius 3 is 2.24 bits per heavy atom. The van der Waals surface area contributed by atoms with Crippen LogP contribution in [0.15, 0.2) is 17.4 Å². The monoisotopic (exact) mass is 429 g/mol. The van der Waals surface area contributed by atoms with Crippen molar-refractivity contribution < 1.29 is 29.3 Å². The molecule has 29 heavy (non-hydrogen) atoms. The summed E-state index contributed by atoms with van der Waals surface area (Å²) in [6, 6.07) is 1.77. The molecule has 0 aromatic carbocycles. The van der Waals surface area contributed by atoms with E-state index in [0.717, 1.165) is 30.5 Å². The molecule has 0 bridgehead atoms. The smallest absolute Gasteiger partial charge is 0.300 e. The Bertz CT molecular complexity index is 764. The number of carbonyl (C=O) groups is 2. The van der Waals surface area contributed by atoms with Crippen molar-refractivity contribution in [2.75, 3.05) is 20.8 Å². The van der Waals surface area contributed by atoms with Crippen LogP contribution < -0.4 is 15.2 Å². The van der Waals surface area contributed by atoms with E-state index in [1.165, 1.54) is 0 Å². The molecule has 0 aliphatic rings. The molecular formula is C17H27N5O6S. The van der Waals surface area contributed by atoms with Gasteiger partial charge >= 0.3 is 0 Å². The summed E-state index contributed by atoms with van der Waals surface area (Å²) in [5, 5.41) is 24.0.